The van der Waals surface area contributed by atoms with Gasteiger partial charge in [-0.25, -0.2) is 4.79 Å². The molecule has 0 bridgehead atoms. The number of benzene rings is 3. The van der Waals surface area contributed by atoms with Crippen molar-refractivity contribution in [1.29, 1.82) is 0 Å². The zero-order valence-corrected chi connectivity index (χ0v) is 16.4. The number of methoxy groups -OCH3 is 1. The van der Waals surface area contributed by atoms with Gasteiger partial charge < -0.3 is 18.9 Å². The molecule has 3 aromatic rings. The van der Waals surface area contributed by atoms with Gasteiger partial charge in [0.2, 0.25) is 0 Å². The molecule has 5 heteroatoms. The van der Waals surface area contributed by atoms with Crippen LogP contribution in [0.2, 0.25) is 0 Å². The second kappa shape index (κ2) is 8.27. The molecule has 0 aliphatic carbocycles. The van der Waals surface area contributed by atoms with E-state index < -0.39 is 6.10 Å². The van der Waals surface area contributed by atoms with E-state index in [-0.39, 0.29) is 5.97 Å². The average molecular weight is 390 g/mol. The summed E-state index contributed by atoms with van der Waals surface area (Å²) < 4.78 is 22.8. The first-order valence-corrected chi connectivity index (χ1v) is 9.52. The van der Waals surface area contributed by atoms with Crippen molar-refractivity contribution in [2.75, 3.05) is 13.7 Å². The molecular weight excluding hydrogens is 368 g/mol. The summed E-state index contributed by atoms with van der Waals surface area (Å²) in [4.78, 5) is 12.4. The van der Waals surface area contributed by atoms with Gasteiger partial charge >= 0.3 is 5.97 Å². The minimum atomic E-state index is -0.561. The lowest BCUT2D eigenvalue weighted by molar-refractivity contribution is 0.0451. The van der Waals surface area contributed by atoms with E-state index in [4.69, 9.17) is 18.9 Å². The van der Waals surface area contributed by atoms with Gasteiger partial charge in [0.25, 0.3) is 0 Å². The quantitative estimate of drug-likeness (QED) is 0.535. The molecule has 0 radical (unpaired) electrons. The maximum atomic E-state index is 12.4. The highest BCUT2D eigenvalue weighted by molar-refractivity contribution is 5.95. The number of cyclic esters (lactones) is 1. The topological polar surface area (TPSA) is 54.0 Å². The van der Waals surface area contributed by atoms with E-state index >= 15 is 0 Å². The number of ether oxygens (including phenoxy) is 4. The van der Waals surface area contributed by atoms with Gasteiger partial charge in [-0.3, -0.25) is 0 Å². The lowest BCUT2D eigenvalue weighted by atomic mass is 9.98. The molecule has 29 heavy (non-hydrogen) atoms. The summed E-state index contributed by atoms with van der Waals surface area (Å²) in [6.45, 7) is 2.87. The predicted molar refractivity (Wildman–Crippen MR) is 109 cm³/mol. The first kappa shape index (κ1) is 18.9. The molecule has 0 fully saturated rings. The van der Waals surface area contributed by atoms with E-state index in [0.29, 0.717) is 36.0 Å². The lowest BCUT2D eigenvalue weighted by Crippen LogP contribution is -2.06. The van der Waals surface area contributed by atoms with Crippen molar-refractivity contribution in [2.45, 2.75) is 19.6 Å². The summed E-state index contributed by atoms with van der Waals surface area (Å²) in [5.74, 6) is 1.64. The van der Waals surface area contributed by atoms with Gasteiger partial charge in [-0.1, -0.05) is 30.3 Å². The molecule has 3 aromatic carbocycles. The van der Waals surface area contributed by atoms with E-state index in [0.717, 1.165) is 16.7 Å². The molecule has 0 N–H and O–H groups in total. The molecular formula is C24H22O5. The molecule has 0 saturated carbocycles. The first-order chi connectivity index (χ1) is 14.2. The van der Waals surface area contributed by atoms with Crippen LogP contribution in [0.15, 0.2) is 66.7 Å². The van der Waals surface area contributed by atoms with E-state index in [2.05, 4.69) is 0 Å². The molecule has 1 unspecified atom stereocenters. The summed E-state index contributed by atoms with van der Waals surface area (Å²) in [5.41, 5.74) is 3.13. The Kier molecular flexibility index (Phi) is 5.38. The Morgan fingerprint density at radius 2 is 1.69 bits per heavy atom. The molecule has 1 heterocycles. The molecule has 0 spiro atoms. The molecule has 1 aliphatic heterocycles. The van der Waals surface area contributed by atoms with Crippen LogP contribution in [-0.2, 0) is 11.3 Å². The van der Waals surface area contributed by atoms with Crippen LogP contribution in [0.1, 0.15) is 40.1 Å². The summed E-state index contributed by atoms with van der Waals surface area (Å²) in [6, 6.07) is 20.8. The van der Waals surface area contributed by atoms with Gasteiger partial charge in [-0.15, -0.1) is 0 Å². The van der Waals surface area contributed by atoms with Crippen LogP contribution in [-0.4, -0.2) is 19.7 Å². The van der Waals surface area contributed by atoms with Gasteiger partial charge in [-0.2, -0.15) is 0 Å². The second-order valence-corrected chi connectivity index (χ2v) is 6.65. The summed E-state index contributed by atoms with van der Waals surface area (Å²) in [6.07, 6.45) is -0.561. The molecule has 0 amide bonds. The van der Waals surface area contributed by atoms with Gasteiger partial charge in [0.05, 0.1) is 19.3 Å². The van der Waals surface area contributed by atoms with Crippen molar-refractivity contribution in [3.05, 3.63) is 89.0 Å². The number of hydrogen-bond donors (Lipinski definition) is 0. The van der Waals surface area contributed by atoms with Gasteiger partial charge in [0, 0.05) is 17.2 Å². The van der Waals surface area contributed by atoms with Crippen molar-refractivity contribution < 1.29 is 23.7 Å². The smallest absolute Gasteiger partial charge is 0.339 e. The summed E-state index contributed by atoms with van der Waals surface area (Å²) in [7, 11) is 1.61. The highest BCUT2D eigenvalue weighted by Gasteiger charge is 2.34. The average Bonchev–Trinajstić information content (AvgIpc) is 3.08. The van der Waals surface area contributed by atoms with Crippen molar-refractivity contribution in [1.82, 2.24) is 0 Å². The van der Waals surface area contributed by atoms with Gasteiger partial charge in [0.1, 0.15) is 23.9 Å². The van der Waals surface area contributed by atoms with Crippen LogP contribution in [0.4, 0.5) is 0 Å². The van der Waals surface area contributed by atoms with Gasteiger partial charge in [0.15, 0.2) is 6.10 Å². The summed E-state index contributed by atoms with van der Waals surface area (Å²) in [5, 5.41) is 0. The van der Waals surface area contributed by atoms with Crippen LogP contribution in [0.3, 0.4) is 0 Å². The highest BCUT2D eigenvalue weighted by atomic mass is 16.6. The standard InChI is InChI=1S/C24H22O5/c1-3-27-18-10-11-19-21(13-18)23(29-24(19)25)20-12-9-17(26-2)14-22(20)28-15-16-7-5-4-6-8-16/h4-14,23H,3,15H2,1-2H3. The highest BCUT2D eigenvalue weighted by Crippen LogP contribution is 2.42. The molecule has 1 atom stereocenters. The van der Waals surface area contributed by atoms with Crippen molar-refractivity contribution in [3.63, 3.8) is 0 Å². The normalized spacial score (nSPS) is 14.8. The van der Waals surface area contributed by atoms with Gasteiger partial charge in [-0.05, 0) is 42.8 Å². The first-order valence-electron chi connectivity index (χ1n) is 9.52. The third-order valence-corrected chi connectivity index (χ3v) is 4.80. The van der Waals surface area contributed by atoms with Crippen molar-refractivity contribution in [2.24, 2.45) is 0 Å². The van der Waals surface area contributed by atoms with E-state index in [9.17, 15) is 4.79 Å². The zero-order chi connectivity index (χ0) is 20.2. The SMILES string of the molecule is CCOc1ccc2c(c1)C(c1ccc(OC)cc1OCc1ccccc1)OC2=O. The predicted octanol–water partition coefficient (Wildman–Crippen LogP) is 4.93. The molecule has 5 nitrogen and oxygen atoms in total. The van der Waals surface area contributed by atoms with E-state index in [1.165, 1.54) is 0 Å². The number of esters is 1. The third-order valence-electron chi connectivity index (χ3n) is 4.80. The number of carbonyl (C=O) groups is 1. The Morgan fingerprint density at radius 1 is 0.897 bits per heavy atom. The van der Waals surface area contributed by atoms with Crippen LogP contribution in [0.5, 0.6) is 17.2 Å². The number of hydrogen-bond acceptors (Lipinski definition) is 5. The van der Waals surface area contributed by atoms with Crippen LogP contribution in [0, 0.1) is 0 Å². The number of fused-ring (bicyclic) bond motifs is 1. The maximum absolute atomic E-state index is 12.4. The fraction of sp³-hybridized carbons (Fsp3) is 0.208. The second-order valence-electron chi connectivity index (χ2n) is 6.65. The summed E-state index contributed by atoms with van der Waals surface area (Å²) >= 11 is 0. The lowest BCUT2D eigenvalue weighted by Gasteiger charge is -2.18. The molecule has 148 valence electrons. The Hall–Kier alpha value is -3.47. The van der Waals surface area contributed by atoms with Crippen molar-refractivity contribution >= 4 is 5.97 Å². The zero-order valence-electron chi connectivity index (χ0n) is 16.4. The Morgan fingerprint density at radius 3 is 2.45 bits per heavy atom. The number of carbonyl (C=O) groups excluding carboxylic acids is 1. The minimum absolute atomic E-state index is 0.349. The minimum Gasteiger partial charge on any atom is -0.497 e. The Bertz CT molecular complexity index is 1010. The fourth-order valence-electron chi connectivity index (χ4n) is 3.38. The van der Waals surface area contributed by atoms with Crippen molar-refractivity contribution in [3.8, 4) is 17.2 Å². The maximum Gasteiger partial charge on any atom is 0.339 e. The van der Waals surface area contributed by atoms with Crippen LogP contribution in [0.25, 0.3) is 0 Å². The molecule has 0 saturated heterocycles. The van der Waals surface area contributed by atoms with E-state index in [1.54, 1.807) is 19.2 Å². The van der Waals surface area contributed by atoms with Crippen LogP contribution >= 0.6 is 0 Å². The monoisotopic (exact) mass is 390 g/mol. The Balaban J connectivity index is 1.70. The fourth-order valence-corrected chi connectivity index (χ4v) is 3.38. The Labute approximate surface area is 169 Å². The largest absolute Gasteiger partial charge is 0.497 e. The third kappa shape index (κ3) is 3.90. The molecule has 0 aromatic heterocycles. The number of rotatable bonds is 7. The van der Waals surface area contributed by atoms with Crippen LogP contribution < -0.4 is 14.2 Å². The van der Waals surface area contributed by atoms with E-state index in [1.807, 2.05) is 61.5 Å². The molecule has 1 aliphatic rings. The molecule has 4 rings (SSSR count).